The summed E-state index contributed by atoms with van der Waals surface area (Å²) in [7, 11) is 0. The second-order valence-electron chi connectivity index (χ2n) is 8.07. The van der Waals surface area contributed by atoms with Gasteiger partial charge in [0.25, 0.3) is 5.91 Å². The number of hydrogen-bond acceptors (Lipinski definition) is 5. The van der Waals surface area contributed by atoms with Gasteiger partial charge in [0.15, 0.2) is 5.76 Å². The molecule has 0 saturated carbocycles. The summed E-state index contributed by atoms with van der Waals surface area (Å²) in [6.07, 6.45) is 2.85. The summed E-state index contributed by atoms with van der Waals surface area (Å²) in [5, 5.41) is 3.15. The van der Waals surface area contributed by atoms with E-state index in [0.717, 1.165) is 30.9 Å². The Kier molecular flexibility index (Phi) is 6.79. The number of rotatable bonds is 5. The first-order chi connectivity index (χ1) is 14.6. The van der Waals surface area contributed by atoms with Crippen LogP contribution in [0.3, 0.4) is 0 Å². The summed E-state index contributed by atoms with van der Waals surface area (Å²) >= 11 is 2.01. The van der Waals surface area contributed by atoms with Crippen molar-refractivity contribution in [1.29, 1.82) is 0 Å². The molecule has 30 heavy (non-hydrogen) atoms. The fourth-order valence-electron chi connectivity index (χ4n) is 4.06. The molecular formula is C23H29N3O3S. The van der Waals surface area contributed by atoms with Crippen molar-refractivity contribution in [3.05, 3.63) is 53.5 Å². The first-order valence-electron chi connectivity index (χ1n) is 10.6. The Bertz CT molecular complexity index is 870. The van der Waals surface area contributed by atoms with E-state index in [2.05, 4.69) is 28.4 Å². The molecule has 2 aliphatic rings. The van der Waals surface area contributed by atoms with Gasteiger partial charge >= 0.3 is 0 Å². The van der Waals surface area contributed by atoms with Crippen molar-refractivity contribution in [3.8, 4) is 0 Å². The number of amides is 2. The zero-order valence-corrected chi connectivity index (χ0v) is 18.2. The van der Waals surface area contributed by atoms with Crippen LogP contribution in [0.4, 0.5) is 5.69 Å². The Morgan fingerprint density at radius 3 is 2.60 bits per heavy atom. The number of hydrogen-bond donors (Lipinski definition) is 1. The highest BCUT2D eigenvalue weighted by molar-refractivity contribution is 7.99. The number of nitrogens with zero attached hydrogens (tertiary/aromatic N) is 2. The van der Waals surface area contributed by atoms with Crippen molar-refractivity contribution < 1.29 is 14.0 Å². The smallest absolute Gasteiger partial charge is 0.289 e. The average molecular weight is 428 g/mol. The molecule has 160 valence electrons. The molecule has 2 aromatic rings. The fraction of sp³-hybridized carbons (Fsp3) is 0.478. The second kappa shape index (κ2) is 9.71. The minimum absolute atomic E-state index is 0.0507. The number of carbonyl (C=O) groups excluding carboxylic acids is 2. The molecule has 7 heteroatoms. The first kappa shape index (κ1) is 21.0. The van der Waals surface area contributed by atoms with Gasteiger partial charge in [0, 0.05) is 55.8 Å². The minimum atomic E-state index is -0.0986. The molecule has 0 unspecified atom stereocenters. The van der Waals surface area contributed by atoms with Crippen molar-refractivity contribution in [2.75, 3.05) is 43.0 Å². The van der Waals surface area contributed by atoms with Crippen molar-refractivity contribution in [3.63, 3.8) is 0 Å². The molecule has 0 radical (unpaired) electrons. The number of benzene rings is 1. The van der Waals surface area contributed by atoms with E-state index in [0.29, 0.717) is 31.7 Å². The maximum absolute atomic E-state index is 12.9. The van der Waals surface area contributed by atoms with Crippen LogP contribution in [0.5, 0.6) is 0 Å². The van der Waals surface area contributed by atoms with Crippen LogP contribution in [-0.4, -0.2) is 59.3 Å². The Morgan fingerprint density at radius 2 is 1.90 bits per heavy atom. The predicted molar refractivity (Wildman–Crippen MR) is 120 cm³/mol. The molecule has 0 spiro atoms. The fourth-order valence-corrected chi connectivity index (χ4v) is 5.03. The normalized spacial score (nSPS) is 18.4. The summed E-state index contributed by atoms with van der Waals surface area (Å²) in [6.45, 7) is 6.34. The molecule has 2 saturated heterocycles. The summed E-state index contributed by atoms with van der Waals surface area (Å²) in [6, 6.07) is 9.76. The highest BCUT2D eigenvalue weighted by Crippen LogP contribution is 2.24. The lowest BCUT2D eigenvalue weighted by molar-refractivity contribution is -0.121. The van der Waals surface area contributed by atoms with Gasteiger partial charge in [0.05, 0.1) is 6.26 Å². The lowest BCUT2D eigenvalue weighted by atomic mass is 9.95. The summed E-state index contributed by atoms with van der Waals surface area (Å²) in [4.78, 5) is 29.5. The largest absolute Gasteiger partial charge is 0.459 e. The number of nitrogens with one attached hydrogen (secondary N) is 1. The molecule has 2 fully saturated rings. The third-order valence-electron chi connectivity index (χ3n) is 5.95. The van der Waals surface area contributed by atoms with Gasteiger partial charge in [-0.1, -0.05) is 12.1 Å². The highest BCUT2D eigenvalue weighted by Gasteiger charge is 2.29. The molecule has 0 aliphatic carbocycles. The van der Waals surface area contributed by atoms with Crippen LogP contribution in [0.25, 0.3) is 0 Å². The van der Waals surface area contributed by atoms with Crippen LogP contribution in [0.15, 0.2) is 41.0 Å². The van der Waals surface area contributed by atoms with Gasteiger partial charge in [-0.2, -0.15) is 11.8 Å². The Balaban J connectivity index is 1.32. The first-order valence-corrected chi connectivity index (χ1v) is 11.8. The Hall–Kier alpha value is -2.25. The van der Waals surface area contributed by atoms with E-state index >= 15 is 0 Å². The molecule has 3 heterocycles. The molecule has 1 aromatic carbocycles. The predicted octanol–water partition coefficient (Wildman–Crippen LogP) is 3.63. The maximum Gasteiger partial charge on any atom is 0.289 e. The van der Waals surface area contributed by atoms with Gasteiger partial charge in [-0.05, 0) is 49.1 Å². The number of anilines is 1. The summed E-state index contributed by atoms with van der Waals surface area (Å²) in [5.74, 6) is 2.62. The number of carbonyl (C=O) groups is 2. The number of furan rings is 1. The SMILES string of the molecule is Cc1ccc(CN2CCSCC2)cc1NC(=O)C1CCN(C(=O)c2ccco2)CC1. The van der Waals surface area contributed by atoms with E-state index in [4.69, 9.17) is 4.42 Å². The van der Waals surface area contributed by atoms with E-state index < -0.39 is 0 Å². The standard InChI is InChI=1S/C23H29N3O3S/c1-17-4-5-18(16-25-10-13-30-14-11-25)15-20(17)24-22(27)19-6-8-26(9-7-19)23(28)21-3-2-12-29-21/h2-5,12,15,19H,6-11,13-14,16H2,1H3,(H,24,27). The molecule has 4 rings (SSSR count). The minimum Gasteiger partial charge on any atom is -0.459 e. The highest BCUT2D eigenvalue weighted by atomic mass is 32.2. The van der Waals surface area contributed by atoms with E-state index in [-0.39, 0.29) is 17.7 Å². The van der Waals surface area contributed by atoms with E-state index in [1.807, 2.05) is 18.7 Å². The maximum atomic E-state index is 12.9. The summed E-state index contributed by atoms with van der Waals surface area (Å²) in [5.41, 5.74) is 3.21. The van der Waals surface area contributed by atoms with Crippen molar-refractivity contribution in [1.82, 2.24) is 9.80 Å². The zero-order chi connectivity index (χ0) is 20.9. The van der Waals surface area contributed by atoms with Gasteiger partial charge in [-0.3, -0.25) is 14.5 Å². The lowest BCUT2D eigenvalue weighted by Gasteiger charge is -2.31. The molecule has 6 nitrogen and oxygen atoms in total. The van der Waals surface area contributed by atoms with E-state index in [1.165, 1.54) is 23.3 Å². The van der Waals surface area contributed by atoms with Gasteiger partial charge in [-0.15, -0.1) is 0 Å². The quantitative estimate of drug-likeness (QED) is 0.789. The molecule has 1 aromatic heterocycles. The van der Waals surface area contributed by atoms with Gasteiger partial charge in [0.2, 0.25) is 5.91 Å². The molecule has 1 N–H and O–H groups in total. The van der Waals surface area contributed by atoms with Crippen molar-refractivity contribution in [2.45, 2.75) is 26.3 Å². The van der Waals surface area contributed by atoms with Crippen LogP contribution in [-0.2, 0) is 11.3 Å². The molecular weight excluding hydrogens is 398 g/mol. The molecule has 2 amide bonds. The summed E-state index contributed by atoms with van der Waals surface area (Å²) < 4.78 is 5.21. The monoisotopic (exact) mass is 427 g/mol. The zero-order valence-electron chi connectivity index (χ0n) is 17.4. The van der Waals surface area contributed by atoms with Crippen LogP contribution in [0.1, 0.15) is 34.5 Å². The van der Waals surface area contributed by atoms with Gasteiger partial charge in [-0.25, -0.2) is 0 Å². The number of likely N-dealkylation sites (tertiary alicyclic amines) is 1. The molecule has 2 aliphatic heterocycles. The van der Waals surface area contributed by atoms with E-state index in [1.54, 1.807) is 17.0 Å². The third-order valence-corrected chi connectivity index (χ3v) is 6.90. The average Bonchev–Trinajstić information content (AvgIpc) is 3.31. The number of piperidine rings is 1. The van der Waals surface area contributed by atoms with Crippen LogP contribution in [0, 0.1) is 12.8 Å². The topological polar surface area (TPSA) is 65.8 Å². The van der Waals surface area contributed by atoms with Crippen molar-refractivity contribution in [2.24, 2.45) is 5.92 Å². The van der Waals surface area contributed by atoms with Crippen LogP contribution < -0.4 is 5.32 Å². The molecule has 0 bridgehead atoms. The van der Waals surface area contributed by atoms with Crippen LogP contribution >= 0.6 is 11.8 Å². The number of thioether (sulfide) groups is 1. The Morgan fingerprint density at radius 1 is 1.13 bits per heavy atom. The molecule has 0 atom stereocenters. The Labute approximate surface area is 182 Å². The number of aryl methyl sites for hydroxylation is 1. The van der Waals surface area contributed by atoms with Crippen LogP contribution in [0.2, 0.25) is 0 Å². The van der Waals surface area contributed by atoms with E-state index in [9.17, 15) is 9.59 Å². The van der Waals surface area contributed by atoms with Gasteiger partial charge in [0.1, 0.15) is 0 Å². The lowest BCUT2D eigenvalue weighted by Crippen LogP contribution is -2.41. The second-order valence-corrected chi connectivity index (χ2v) is 9.30. The third kappa shape index (κ3) is 5.08. The van der Waals surface area contributed by atoms with Crippen molar-refractivity contribution >= 4 is 29.3 Å². The van der Waals surface area contributed by atoms with Gasteiger partial charge < -0.3 is 14.6 Å².